The van der Waals surface area contributed by atoms with Gasteiger partial charge in [0.05, 0.1) is 0 Å². The van der Waals surface area contributed by atoms with Gasteiger partial charge in [0, 0.05) is 11.5 Å². The van der Waals surface area contributed by atoms with Crippen LogP contribution in [0.25, 0.3) is 0 Å². The minimum absolute atomic E-state index is 0. The minimum atomic E-state index is -0.423. The molecule has 1 amide bonds. The van der Waals surface area contributed by atoms with E-state index in [-0.39, 0.29) is 23.1 Å². The summed E-state index contributed by atoms with van der Waals surface area (Å²) in [7, 11) is 0. The van der Waals surface area contributed by atoms with E-state index in [0.29, 0.717) is 5.13 Å². The van der Waals surface area contributed by atoms with Gasteiger partial charge in [-0.25, -0.2) is 0 Å². The summed E-state index contributed by atoms with van der Waals surface area (Å²) in [5.74, 6) is -0.423. The van der Waals surface area contributed by atoms with Gasteiger partial charge in [-0.05, 0) is 0 Å². The first-order valence-electron chi connectivity index (χ1n) is 3.42. The number of amides is 1. The lowest BCUT2D eigenvalue weighted by Crippen LogP contribution is -2.13. The summed E-state index contributed by atoms with van der Waals surface area (Å²) < 4.78 is 3.55. The number of carbonyl (C=O) groups is 1. The molecule has 0 radical (unpaired) electrons. The lowest BCUT2D eigenvalue weighted by atomic mass is 10.4. The SMILES string of the molecule is Cl.Nc1snnc1C(=O)Nc1nncs1. The van der Waals surface area contributed by atoms with Crippen molar-refractivity contribution in [3.05, 3.63) is 11.2 Å². The number of nitrogens with zero attached hydrogens (tertiary/aromatic N) is 4. The predicted molar refractivity (Wildman–Crippen MR) is 59.4 cm³/mol. The molecule has 80 valence electrons. The summed E-state index contributed by atoms with van der Waals surface area (Å²) in [4.78, 5) is 11.4. The van der Waals surface area contributed by atoms with Gasteiger partial charge in [-0.2, -0.15) is 0 Å². The number of nitrogens with one attached hydrogen (secondary N) is 1. The second-order valence-electron chi connectivity index (χ2n) is 2.18. The highest BCUT2D eigenvalue weighted by molar-refractivity contribution is 7.13. The lowest BCUT2D eigenvalue weighted by Gasteiger charge is -1.96. The zero-order valence-corrected chi connectivity index (χ0v) is 9.53. The van der Waals surface area contributed by atoms with Gasteiger partial charge in [-0.15, -0.1) is 27.7 Å². The molecular weight excluding hydrogens is 260 g/mol. The van der Waals surface area contributed by atoms with Crippen LogP contribution >= 0.6 is 35.3 Å². The summed E-state index contributed by atoms with van der Waals surface area (Å²) >= 11 is 2.18. The van der Waals surface area contributed by atoms with Crippen LogP contribution in [-0.2, 0) is 0 Å². The Bertz CT molecular complexity index is 442. The fraction of sp³-hybridized carbons (Fsp3) is 0. The van der Waals surface area contributed by atoms with Gasteiger partial charge in [0.1, 0.15) is 10.5 Å². The Morgan fingerprint density at radius 3 is 2.80 bits per heavy atom. The van der Waals surface area contributed by atoms with Crippen LogP contribution in [0.4, 0.5) is 10.1 Å². The molecule has 0 atom stereocenters. The molecule has 2 heterocycles. The minimum Gasteiger partial charge on any atom is -0.387 e. The molecule has 0 unspecified atom stereocenters. The van der Waals surface area contributed by atoms with Gasteiger partial charge >= 0.3 is 0 Å². The third kappa shape index (κ3) is 2.58. The van der Waals surface area contributed by atoms with Crippen molar-refractivity contribution in [2.45, 2.75) is 0 Å². The van der Waals surface area contributed by atoms with Crippen molar-refractivity contribution < 1.29 is 4.79 Å². The van der Waals surface area contributed by atoms with E-state index in [1.165, 1.54) is 16.8 Å². The van der Waals surface area contributed by atoms with E-state index < -0.39 is 5.91 Å². The summed E-state index contributed by atoms with van der Waals surface area (Å²) in [6.45, 7) is 0. The number of nitrogen functional groups attached to an aromatic ring is 1. The number of carbonyl (C=O) groups excluding carboxylic acids is 1. The molecule has 0 saturated carbocycles. The molecule has 7 nitrogen and oxygen atoms in total. The average molecular weight is 265 g/mol. The Morgan fingerprint density at radius 2 is 2.27 bits per heavy atom. The summed E-state index contributed by atoms with van der Waals surface area (Å²) in [5.41, 5.74) is 7.10. The molecule has 0 bridgehead atoms. The Labute approximate surface area is 98.3 Å². The molecule has 2 aromatic heterocycles. The topological polar surface area (TPSA) is 107 Å². The van der Waals surface area contributed by atoms with Crippen LogP contribution in [0.5, 0.6) is 0 Å². The maximum absolute atomic E-state index is 11.4. The van der Waals surface area contributed by atoms with Gasteiger partial charge < -0.3 is 5.73 Å². The van der Waals surface area contributed by atoms with E-state index in [4.69, 9.17) is 5.73 Å². The molecule has 10 heteroatoms. The van der Waals surface area contributed by atoms with Crippen LogP contribution in [0.3, 0.4) is 0 Å². The third-order valence-corrected chi connectivity index (χ3v) is 2.47. The van der Waals surface area contributed by atoms with Gasteiger partial charge in [0.15, 0.2) is 5.69 Å². The first kappa shape index (κ1) is 11.8. The number of anilines is 2. The normalized spacial score (nSPS) is 9.33. The van der Waals surface area contributed by atoms with E-state index in [1.807, 2.05) is 0 Å². The van der Waals surface area contributed by atoms with Crippen molar-refractivity contribution in [2.75, 3.05) is 11.1 Å². The molecule has 3 N–H and O–H groups in total. The highest BCUT2D eigenvalue weighted by Gasteiger charge is 2.15. The van der Waals surface area contributed by atoms with Crippen molar-refractivity contribution in [3.8, 4) is 0 Å². The smallest absolute Gasteiger partial charge is 0.281 e. The Balaban J connectivity index is 0.00000112. The average Bonchev–Trinajstić information content (AvgIpc) is 2.75. The first-order chi connectivity index (χ1) is 6.77. The highest BCUT2D eigenvalue weighted by atomic mass is 35.5. The molecule has 0 aromatic carbocycles. The van der Waals surface area contributed by atoms with E-state index >= 15 is 0 Å². The first-order valence-corrected chi connectivity index (χ1v) is 5.08. The van der Waals surface area contributed by atoms with Crippen LogP contribution in [0, 0.1) is 0 Å². The molecule has 0 saturated heterocycles. The number of hydrogen-bond acceptors (Lipinski definition) is 8. The van der Waals surface area contributed by atoms with Crippen molar-refractivity contribution in [3.63, 3.8) is 0 Å². The quantitative estimate of drug-likeness (QED) is 0.825. The molecule has 0 spiro atoms. The van der Waals surface area contributed by atoms with E-state index in [9.17, 15) is 4.79 Å². The van der Waals surface area contributed by atoms with Crippen LogP contribution in [0.2, 0.25) is 0 Å². The maximum Gasteiger partial charge on any atom is 0.281 e. The number of nitrogens with two attached hydrogens (primary N) is 1. The van der Waals surface area contributed by atoms with E-state index in [2.05, 4.69) is 25.1 Å². The summed E-state index contributed by atoms with van der Waals surface area (Å²) in [6.07, 6.45) is 0. The molecule has 0 aliphatic heterocycles. The molecule has 2 rings (SSSR count). The monoisotopic (exact) mass is 264 g/mol. The predicted octanol–water partition coefficient (Wildman–Crippen LogP) is 0.646. The van der Waals surface area contributed by atoms with Gasteiger partial charge in [-0.1, -0.05) is 15.8 Å². The number of hydrogen-bond donors (Lipinski definition) is 2. The van der Waals surface area contributed by atoms with Crippen LogP contribution in [0.1, 0.15) is 10.5 Å². The molecule has 2 aromatic rings. The molecule has 15 heavy (non-hydrogen) atoms. The Kier molecular flexibility index (Phi) is 3.88. The van der Waals surface area contributed by atoms with Gasteiger partial charge in [0.2, 0.25) is 5.13 Å². The Morgan fingerprint density at radius 1 is 1.47 bits per heavy atom. The molecule has 0 aliphatic rings. The van der Waals surface area contributed by atoms with Gasteiger partial charge in [-0.3, -0.25) is 10.1 Å². The number of aromatic nitrogens is 4. The van der Waals surface area contributed by atoms with Crippen LogP contribution in [-0.4, -0.2) is 25.7 Å². The zero-order valence-electron chi connectivity index (χ0n) is 7.08. The Hall–Kier alpha value is -1.32. The van der Waals surface area contributed by atoms with Crippen molar-refractivity contribution >= 4 is 51.3 Å². The number of rotatable bonds is 2. The molecular formula is C5H5ClN6OS2. The standard InChI is InChI=1S/C5H4N6OS2.ClH/c6-3-2(9-11-14-3)4(12)8-5-10-7-1-13-5;/h1H,6H2,(H,8,10,12);1H. The van der Waals surface area contributed by atoms with Crippen LogP contribution < -0.4 is 11.1 Å². The summed E-state index contributed by atoms with van der Waals surface area (Å²) in [6, 6.07) is 0. The maximum atomic E-state index is 11.4. The largest absolute Gasteiger partial charge is 0.387 e. The fourth-order valence-electron chi connectivity index (χ4n) is 0.739. The third-order valence-electron chi connectivity index (χ3n) is 1.31. The van der Waals surface area contributed by atoms with E-state index in [0.717, 1.165) is 11.5 Å². The zero-order chi connectivity index (χ0) is 9.97. The molecule has 0 fully saturated rings. The fourth-order valence-corrected chi connectivity index (χ4v) is 1.61. The second kappa shape index (κ2) is 4.96. The van der Waals surface area contributed by atoms with E-state index in [1.54, 1.807) is 0 Å². The van der Waals surface area contributed by atoms with Gasteiger partial charge in [0.25, 0.3) is 5.91 Å². The van der Waals surface area contributed by atoms with Crippen LogP contribution in [0.15, 0.2) is 5.51 Å². The number of halogens is 1. The van der Waals surface area contributed by atoms with Crippen molar-refractivity contribution in [1.29, 1.82) is 0 Å². The lowest BCUT2D eigenvalue weighted by molar-refractivity contribution is 0.102. The summed E-state index contributed by atoms with van der Waals surface area (Å²) in [5, 5.41) is 14.0. The van der Waals surface area contributed by atoms with Crippen molar-refractivity contribution in [2.24, 2.45) is 0 Å². The highest BCUT2D eigenvalue weighted by Crippen LogP contribution is 2.15. The molecule has 0 aliphatic carbocycles. The second-order valence-corrected chi connectivity index (χ2v) is 3.80. The van der Waals surface area contributed by atoms with Crippen molar-refractivity contribution in [1.82, 2.24) is 19.8 Å².